The molecule has 0 radical (unpaired) electrons. The van der Waals surface area contributed by atoms with E-state index in [1.54, 1.807) is 24.3 Å². The molecule has 0 unspecified atom stereocenters. The van der Waals surface area contributed by atoms with Gasteiger partial charge in [0.15, 0.2) is 0 Å². The van der Waals surface area contributed by atoms with Crippen LogP contribution in [0.3, 0.4) is 0 Å². The Kier molecular flexibility index (Phi) is 5.20. The first-order chi connectivity index (χ1) is 12.0. The van der Waals surface area contributed by atoms with E-state index >= 15 is 0 Å². The summed E-state index contributed by atoms with van der Waals surface area (Å²) < 4.78 is 4.85. The maximum atomic E-state index is 12.6. The van der Waals surface area contributed by atoms with Gasteiger partial charge in [-0.1, -0.05) is 38.6 Å². The number of hydrogen-bond donors (Lipinski definition) is 2. The quantitative estimate of drug-likeness (QED) is 0.667. The largest absolute Gasteiger partial charge is 0.326 e. The summed E-state index contributed by atoms with van der Waals surface area (Å²) in [5, 5.41) is 9.56. The van der Waals surface area contributed by atoms with Crippen LogP contribution in [0.5, 0.6) is 0 Å². The van der Waals surface area contributed by atoms with Crippen LogP contribution in [0.15, 0.2) is 53.0 Å². The van der Waals surface area contributed by atoms with Gasteiger partial charge in [-0.05, 0) is 41.9 Å². The topological polar surface area (TPSA) is 84.0 Å². The number of rotatable bonds is 4. The highest BCUT2D eigenvalue weighted by molar-refractivity contribution is 9.10. The monoisotopic (exact) mass is 416 g/mol. The number of benzene rings is 2. The van der Waals surface area contributed by atoms with E-state index < -0.39 is 0 Å². The highest BCUT2D eigenvalue weighted by Gasteiger charge is 2.18. The molecule has 0 aliphatic carbocycles. The second kappa shape index (κ2) is 7.54. The normalized spacial score (nSPS) is 10.3. The molecule has 6 nitrogen and oxygen atoms in total. The van der Waals surface area contributed by atoms with Gasteiger partial charge in [0.2, 0.25) is 5.91 Å². The van der Waals surface area contributed by atoms with E-state index in [0.29, 0.717) is 21.9 Å². The molecule has 8 heteroatoms. The molecule has 0 spiro atoms. The third-order valence-corrected chi connectivity index (χ3v) is 4.51. The van der Waals surface area contributed by atoms with Crippen LogP contribution in [0.25, 0.3) is 11.3 Å². The molecule has 3 rings (SSSR count). The first-order valence-electron chi connectivity index (χ1n) is 7.30. The Balaban J connectivity index is 1.82. The Bertz CT molecular complexity index is 924. The van der Waals surface area contributed by atoms with Crippen LogP contribution in [0.4, 0.5) is 11.4 Å². The summed E-state index contributed by atoms with van der Waals surface area (Å²) >= 11 is 4.42. The molecule has 0 bridgehead atoms. The van der Waals surface area contributed by atoms with Crippen molar-refractivity contribution in [2.75, 3.05) is 10.6 Å². The zero-order chi connectivity index (χ0) is 17.8. The van der Waals surface area contributed by atoms with Crippen molar-refractivity contribution in [1.82, 2.24) is 9.59 Å². The fourth-order valence-corrected chi connectivity index (χ4v) is 3.05. The second-order valence-corrected chi connectivity index (χ2v) is 6.84. The Morgan fingerprint density at radius 1 is 1.04 bits per heavy atom. The van der Waals surface area contributed by atoms with Crippen molar-refractivity contribution in [1.29, 1.82) is 0 Å². The molecular weight excluding hydrogens is 404 g/mol. The van der Waals surface area contributed by atoms with Gasteiger partial charge in [-0.2, -0.15) is 0 Å². The van der Waals surface area contributed by atoms with Crippen LogP contribution in [-0.2, 0) is 4.79 Å². The molecule has 0 atom stereocenters. The summed E-state index contributed by atoms with van der Waals surface area (Å²) in [6, 6.07) is 14.4. The summed E-state index contributed by atoms with van der Waals surface area (Å²) in [7, 11) is 0. The van der Waals surface area contributed by atoms with Gasteiger partial charge in [0.05, 0.1) is 0 Å². The third kappa shape index (κ3) is 4.28. The molecule has 1 aromatic heterocycles. The number of aromatic nitrogens is 2. The molecule has 2 amide bonds. The lowest BCUT2D eigenvalue weighted by atomic mass is 10.1. The molecule has 25 heavy (non-hydrogen) atoms. The Morgan fingerprint density at radius 3 is 2.40 bits per heavy atom. The van der Waals surface area contributed by atoms with Crippen molar-refractivity contribution in [3.05, 3.63) is 57.9 Å². The lowest BCUT2D eigenvalue weighted by Crippen LogP contribution is -2.12. The lowest BCUT2D eigenvalue weighted by molar-refractivity contribution is -0.114. The zero-order valence-corrected chi connectivity index (χ0v) is 15.5. The van der Waals surface area contributed by atoms with E-state index in [1.807, 2.05) is 24.3 Å². The van der Waals surface area contributed by atoms with E-state index in [0.717, 1.165) is 21.6 Å². The Labute approximate surface area is 156 Å². The molecule has 2 N–H and O–H groups in total. The summed E-state index contributed by atoms with van der Waals surface area (Å²) in [6.07, 6.45) is 0. The van der Waals surface area contributed by atoms with Gasteiger partial charge in [0.1, 0.15) is 10.6 Å². The second-order valence-electron chi connectivity index (χ2n) is 5.17. The fraction of sp³-hybridized carbons (Fsp3) is 0.0588. The van der Waals surface area contributed by atoms with Gasteiger partial charge in [-0.15, -0.1) is 5.10 Å². The Hall–Kier alpha value is -2.58. The molecule has 0 aliphatic heterocycles. The molecule has 3 aromatic rings. The smallest absolute Gasteiger partial charge is 0.269 e. The van der Waals surface area contributed by atoms with Crippen molar-refractivity contribution >= 4 is 50.7 Å². The summed E-state index contributed by atoms with van der Waals surface area (Å²) in [5.74, 6) is -0.472. The SMILES string of the molecule is CC(=O)Nc1cccc(NC(=O)c2snnc2-c2ccc(Br)cc2)c1. The number of anilines is 2. The maximum absolute atomic E-state index is 12.6. The molecule has 0 aliphatic rings. The summed E-state index contributed by atoms with van der Waals surface area (Å²) in [6.45, 7) is 1.43. The van der Waals surface area contributed by atoms with Crippen molar-refractivity contribution in [3.8, 4) is 11.3 Å². The molecule has 0 saturated heterocycles. The summed E-state index contributed by atoms with van der Waals surface area (Å²) in [4.78, 5) is 24.2. The van der Waals surface area contributed by atoms with Gasteiger partial charge in [-0.3, -0.25) is 9.59 Å². The first kappa shape index (κ1) is 17.2. The van der Waals surface area contributed by atoms with Gasteiger partial charge < -0.3 is 10.6 Å². The van der Waals surface area contributed by atoms with Crippen LogP contribution in [-0.4, -0.2) is 21.4 Å². The number of halogens is 1. The van der Waals surface area contributed by atoms with Crippen LogP contribution >= 0.6 is 27.5 Å². The summed E-state index contributed by atoms with van der Waals surface area (Å²) in [5.41, 5.74) is 2.54. The molecule has 2 aromatic carbocycles. The van der Waals surface area contributed by atoms with Crippen molar-refractivity contribution in [2.45, 2.75) is 6.92 Å². The number of carbonyl (C=O) groups is 2. The van der Waals surface area contributed by atoms with Crippen LogP contribution in [0.1, 0.15) is 16.6 Å². The van der Waals surface area contributed by atoms with E-state index in [2.05, 4.69) is 36.2 Å². The first-order valence-corrected chi connectivity index (χ1v) is 8.87. The van der Waals surface area contributed by atoms with Crippen LogP contribution in [0, 0.1) is 0 Å². The van der Waals surface area contributed by atoms with Gasteiger partial charge in [-0.25, -0.2) is 0 Å². The number of nitrogens with zero attached hydrogens (tertiary/aromatic N) is 2. The van der Waals surface area contributed by atoms with E-state index in [1.165, 1.54) is 6.92 Å². The van der Waals surface area contributed by atoms with Gasteiger partial charge >= 0.3 is 0 Å². The predicted molar refractivity (Wildman–Crippen MR) is 102 cm³/mol. The van der Waals surface area contributed by atoms with Crippen molar-refractivity contribution < 1.29 is 9.59 Å². The zero-order valence-electron chi connectivity index (χ0n) is 13.1. The minimum Gasteiger partial charge on any atom is -0.326 e. The number of carbonyl (C=O) groups excluding carboxylic acids is 2. The minimum atomic E-state index is -0.298. The molecule has 0 saturated carbocycles. The van der Waals surface area contributed by atoms with Crippen molar-refractivity contribution in [2.24, 2.45) is 0 Å². The Morgan fingerprint density at radius 2 is 1.72 bits per heavy atom. The van der Waals surface area contributed by atoms with Crippen LogP contribution in [0.2, 0.25) is 0 Å². The average molecular weight is 417 g/mol. The average Bonchev–Trinajstić information content (AvgIpc) is 3.05. The number of nitrogens with one attached hydrogen (secondary N) is 2. The standard InChI is InChI=1S/C17H13BrN4O2S/c1-10(23)19-13-3-2-4-14(9-13)20-17(24)16-15(21-22-25-16)11-5-7-12(18)8-6-11/h2-9H,1H3,(H,19,23)(H,20,24). The number of hydrogen-bond acceptors (Lipinski definition) is 5. The number of amides is 2. The third-order valence-electron chi connectivity index (χ3n) is 3.25. The molecule has 0 fully saturated rings. The highest BCUT2D eigenvalue weighted by Crippen LogP contribution is 2.26. The molecule has 1 heterocycles. The van der Waals surface area contributed by atoms with E-state index in [-0.39, 0.29) is 11.8 Å². The highest BCUT2D eigenvalue weighted by atomic mass is 79.9. The minimum absolute atomic E-state index is 0.173. The maximum Gasteiger partial charge on any atom is 0.269 e. The van der Waals surface area contributed by atoms with E-state index in [4.69, 9.17) is 0 Å². The van der Waals surface area contributed by atoms with Gasteiger partial charge in [0, 0.05) is 28.3 Å². The fourth-order valence-electron chi connectivity index (χ4n) is 2.20. The predicted octanol–water partition coefficient (Wildman–Crippen LogP) is 4.18. The van der Waals surface area contributed by atoms with E-state index in [9.17, 15) is 9.59 Å². The van der Waals surface area contributed by atoms with Crippen molar-refractivity contribution in [3.63, 3.8) is 0 Å². The van der Waals surface area contributed by atoms with Crippen LogP contribution < -0.4 is 10.6 Å². The molecule has 126 valence electrons. The lowest BCUT2D eigenvalue weighted by Gasteiger charge is -2.07. The van der Waals surface area contributed by atoms with Gasteiger partial charge in [0.25, 0.3) is 5.91 Å². The molecular formula is C17H13BrN4O2S.